The lowest BCUT2D eigenvalue weighted by molar-refractivity contribution is 0.591. The maximum Gasteiger partial charge on any atom is 0.284 e. The van der Waals surface area contributed by atoms with E-state index in [9.17, 15) is 0 Å². The van der Waals surface area contributed by atoms with E-state index in [0.29, 0.717) is 0 Å². The predicted octanol–water partition coefficient (Wildman–Crippen LogP) is 2.35. The molecule has 0 saturated carbocycles. The first kappa shape index (κ1) is 6.73. The molecular weight excluding hydrogens is 158 g/mol. The van der Waals surface area contributed by atoms with Crippen LogP contribution < -0.4 is 0 Å². The van der Waals surface area contributed by atoms with Crippen LogP contribution in [0.3, 0.4) is 0 Å². The van der Waals surface area contributed by atoms with Gasteiger partial charge in [-0.25, -0.2) is 4.98 Å². The second-order valence-corrected chi connectivity index (χ2v) is 3.02. The molecule has 11 heavy (non-hydrogen) atoms. The Hall–Kier alpha value is -0.960. The SMILES string of the molecule is CSc1ccc2o[c]nc2c1. The van der Waals surface area contributed by atoms with Gasteiger partial charge in [-0.15, -0.1) is 11.8 Å². The van der Waals surface area contributed by atoms with Crippen LogP contribution >= 0.6 is 11.8 Å². The van der Waals surface area contributed by atoms with Gasteiger partial charge in [0.25, 0.3) is 6.39 Å². The van der Waals surface area contributed by atoms with Crippen LogP contribution in [0.1, 0.15) is 0 Å². The number of fused-ring (bicyclic) bond motifs is 1. The van der Waals surface area contributed by atoms with Crippen molar-refractivity contribution in [2.75, 3.05) is 6.26 Å². The van der Waals surface area contributed by atoms with Crippen LogP contribution in [0.25, 0.3) is 11.1 Å². The topological polar surface area (TPSA) is 26.0 Å². The number of thioether (sulfide) groups is 1. The average molecular weight is 164 g/mol. The van der Waals surface area contributed by atoms with E-state index in [4.69, 9.17) is 4.42 Å². The molecule has 1 radical (unpaired) electrons. The molecule has 1 aromatic carbocycles. The van der Waals surface area contributed by atoms with Gasteiger partial charge in [-0.1, -0.05) is 0 Å². The van der Waals surface area contributed by atoms with E-state index in [0.717, 1.165) is 11.1 Å². The molecule has 0 aliphatic heterocycles. The Morgan fingerprint density at radius 1 is 1.55 bits per heavy atom. The van der Waals surface area contributed by atoms with Crippen molar-refractivity contribution in [3.63, 3.8) is 0 Å². The molecule has 0 unspecified atom stereocenters. The molecule has 0 spiro atoms. The standard InChI is InChI=1S/C8H6NOS/c1-11-6-2-3-8-7(4-6)9-5-10-8/h2-4H,1H3. The second kappa shape index (κ2) is 2.58. The van der Waals surface area contributed by atoms with Crippen LogP contribution in [-0.4, -0.2) is 11.2 Å². The molecule has 2 nitrogen and oxygen atoms in total. The summed E-state index contributed by atoms with van der Waals surface area (Å²) in [6.07, 6.45) is 4.49. The highest BCUT2D eigenvalue weighted by Gasteiger charge is 1.98. The van der Waals surface area contributed by atoms with Gasteiger partial charge in [-0.05, 0) is 24.5 Å². The van der Waals surface area contributed by atoms with Crippen molar-refractivity contribution in [3.8, 4) is 0 Å². The van der Waals surface area contributed by atoms with Crippen molar-refractivity contribution in [1.29, 1.82) is 0 Å². The highest BCUT2D eigenvalue weighted by molar-refractivity contribution is 7.98. The van der Waals surface area contributed by atoms with Gasteiger partial charge in [0.15, 0.2) is 5.58 Å². The monoisotopic (exact) mass is 164 g/mol. The summed E-state index contributed by atoms with van der Waals surface area (Å²) in [4.78, 5) is 5.12. The van der Waals surface area contributed by atoms with Crippen molar-refractivity contribution in [2.24, 2.45) is 0 Å². The Labute approximate surface area is 68.6 Å². The van der Waals surface area contributed by atoms with Gasteiger partial charge in [-0.3, -0.25) is 0 Å². The molecule has 55 valence electrons. The van der Waals surface area contributed by atoms with Crippen molar-refractivity contribution >= 4 is 22.9 Å². The first-order chi connectivity index (χ1) is 5.40. The van der Waals surface area contributed by atoms with E-state index < -0.39 is 0 Å². The van der Waals surface area contributed by atoms with Crippen LogP contribution in [0, 0.1) is 6.39 Å². The number of aromatic nitrogens is 1. The molecule has 1 aromatic heterocycles. The Morgan fingerprint density at radius 2 is 2.45 bits per heavy atom. The van der Waals surface area contributed by atoms with Crippen LogP contribution in [0.15, 0.2) is 27.5 Å². The molecule has 0 aliphatic carbocycles. The highest BCUT2D eigenvalue weighted by Crippen LogP contribution is 2.20. The number of nitrogens with zero attached hydrogens (tertiary/aromatic N) is 1. The number of benzene rings is 1. The lowest BCUT2D eigenvalue weighted by Gasteiger charge is -1.92. The van der Waals surface area contributed by atoms with Gasteiger partial charge in [-0.2, -0.15) is 0 Å². The maximum absolute atomic E-state index is 4.97. The fourth-order valence-corrected chi connectivity index (χ4v) is 1.35. The summed E-state index contributed by atoms with van der Waals surface area (Å²) in [5.41, 5.74) is 1.67. The zero-order chi connectivity index (χ0) is 7.68. The third-order valence-electron chi connectivity index (χ3n) is 1.49. The minimum absolute atomic E-state index is 0.794. The molecular formula is C8H6NOS. The van der Waals surface area contributed by atoms with Crippen molar-refractivity contribution < 1.29 is 4.42 Å². The summed E-state index contributed by atoms with van der Waals surface area (Å²) in [5, 5.41) is 0. The molecule has 2 rings (SSSR count). The predicted molar refractivity (Wildman–Crippen MR) is 44.6 cm³/mol. The molecule has 0 saturated heterocycles. The van der Waals surface area contributed by atoms with Crippen molar-refractivity contribution in [1.82, 2.24) is 4.98 Å². The van der Waals surface area contributed by atoms with Gasteiger partial charge >= 0.3 is 0 Å². The van der Waals surface area contributed by atoms with Gasteiger partial charge in [0.2, 0.25) is 0 Å². The van der Waals surface area contributed by atoms with E-state index in [1.165, 1.54) is 4.90 Å². The van der Waals surface area contributed by atoms with Crippen molar-refractivity contribution in [2.45, 2.75) is 4.90 Å². The van der Waals surface area contributed by atoms with Gasteiger partial charge < -0.3 is 4.42 Å². The van der Waals surface area contributed by atoms with Crippen LogP contribution in [0.2, 0.25) is 0 Å². The fraction of sp³-hybridized carbons (Fsp3) is 0.125. The van der Waals surface area contributed by atoms with Gasteiger partial charge in [0.1, 0.15) is 5.52 Å². The summed E-state index contributed by atoms with van der Waals surface area (Å²) < 4.78 is 4.97. The molecule has 1 heterocycles. The average Bonchev–Trinajstić information content (AvgIpc) is 2.50. The fourth-order valence-electron chi connectivity index (χ4n) is 0.919. The number of oxazole rings is 1. The Bertz CT molecular complexity index is 369. The van der Waals surface area contributed by atoms with Crippen LogP contribution in [0.5, 0.6) is 0 Å². The number of hydrogen-bond donors (Lipinski definition) is 0. The van der Waals surface area contributed by atoms with E-state index >= 15 is 0 Å². The first-order valence-electron chi connectivity index (χ1n) is 3.21. The molecule has 0 amide bonds. The van der Waals surface area contributed by atoms with E-state index in [1.54, 1.807) is 11.8 Å². The lowest BCUT2D eigenvalue weighted by Crippen LogP contribution is -1.69. The van der Waals surface area contributed by atoms with Crippen LogP contribution in [-0.2, 0) is 0 Å². The van der Waals surface area contributed by atoms with Gasteiger partial charge in [0, 0.05) is 4.90 Å². The zero-order valence-corrected chi connectivity index (χ0v) is 6.81. The summed E-state index contributed by atoms with van der Waals surface area (Å²) in [6, 6.07) is 5.90. The Balaban J connectivity index is 2.67. The summed E-state index contributed by atoms with van der Waals surface area (Å²) in [7, 11) is 0. The van der Waals surface area contributed by atoms with E-state index in [-0.39, 0.29) is 0 Å². The number of rotatable bonds is 1. The van der Waals surface area contributed by atoms with E-state index in [2.05, 4.69) is 11.4 Å². The summed E-state index contributed by atoms with van der Waals surface area (Å²) >= 11 is 1.69. The third kappa shape index (κ3) is 1.12. The molecule has 0 N–H and O–H groups in total. The normalized spacial score (nSPS) is 10.6. The largest absolute Gasteiger partial charge is 0.432 e. The third-order valence-corrected chi connectivity index (χ3v) is 2.21. The first-order valence-corrected chi connectivity index (χ1v) is 4.43. The quantitative estimate of drug-likeness (QED) is 0.605. The summed E-state index contributed by atoms with van der Waals surface area (Å²) in [6.45, 7) is 0. The highest BCUT2D eigenvalue weighted by atomic mass is 32.2. The molecule has 2 aromatic rings. The smallest absolute Gasteiger partial charge is 0.284 e. The van der Waals surface area contributed by atoms with Crippen LogP contribution in [0.4, 0.5) is 0 Å². The van der Waals surface area contributed by atoms with E-state index in [1.807, 2.05) is 24.5 Å². The van der Waals surface area contributed by atoms with Crippen molar-refractivity contribution in [3.05, 3.63) is 24.6 Å². The zero-order valence-electron chi connectivity index (χ0n) is 6.00. The Morgan fingerprint density at radius 3 is 3.27 bits per heavy atom. The number of hydrogen-bond acceptors (Lipinski definition) is 3. The molecule has 0 fully saturated rings. The molecule has 0 aliphatic rings. The molecule has 0 atom stereocenters. The Kier molecular flexibility index (Phi) is 1.58. The second-order valence-electron chi connectivity index (χ2n) is 2.14. The molecule has 0 bridgehead atoms. The minimum atomic E-state index is 0.794. The van der Waals surface area contributed by atoms with Gasteiger partial charge in [0.05, 0.1) is 0 Å². The maximum atomic E-state index is 4.97. The summed E-state index contributed by atoms with van der Waals surface area (Å²) in [5.74, 6) is 0. The minimum Gasteiger partial charge on any atom is -0.432 e. The molecule has 3 heteroatoms. The lowest BCUT2D eigenvalue weighted by atomic mass is 10.3.